The van der Waals surface area contributed by atoms with Crippen LogP contribution < -0.4 is 4.74 Å². The number of amides is 1. The molecule has 1 heterocycles. The minimum absolute atomic E-state index is 0.0394. The lowest BCUT2D eigenvalue weighted by Crippen LogP contribution is -2.31. The van der Waals surface area contributed by atoms with Crippen molar-refractivity contribution >= 4 is 23.6 Å². The number of thioether (sulfide) groups is 1. The van der Waals surface area contributed by atoms with Gasteiger partial charge in [0.05, 0.1) is 18.8 Å². The second-order valence-corrected chi connectivity index (χ2v) is 7.28. The zero-order valence-corrected chi connectivity index (χ0v) is 15.3. The molecule has 2 atom stereocenters. The topological polar surface area (TPSA) is 66.8 Å². The molecular formula is C20H21NO4S. The van der Waals surface area contributed by atoms with Crippen molar-refractivity contribution in [2.45, 2.75) is 10.8 Å². The first-order valence-corrected chi connectivity index (χ1v) is 9.39. The van der Waals surface area contributed by atoms with E-state index in [9.17, 15) is 14.7 Å². The Labute approximate surface area is 157 Å². The van der Waals surface area contributed by atoms with Gasteiger partial charge in [-0.1, -0.05) is 36.4 Å². The fourth-order valence-electron chi connectivity index (χ4n) is 3.22. The van der Waals surface area contributed by atoms with Gasteiger partial charge in [0.1, 0.15) is 5.75 Å². The smallest absolute Gasteiger partial charge is 0.308 e. The number of carboxylic acid groups (broad SMARTS) is 1. The SMILES string of the molecule is COc1cccc(SCC(=O)N2C[C@@H](C(=O)O)[C@H](c3ccccc3)C2)c1. The van der Waals surface area contributed by atoms with Gasteiger partial charge in [-0.2, -0.15) is 0 Å². The molecule has 1 N–H and O–H groups in total. The lowest BCUT2D eigenvalue weighted by atomic mass is 9.89. The van der Waals surface area contributed by atoms with E-state index in [1.165, 1.54) is 11.8 Å². The molecule has 0 saturated carbocycles. The molecule has 6 heteroatoms. The fourth-order valence-corrected chi connectivity index (χ4v) is 4.07. The molecule has 0 unspecified atom stereocenters. The van der Waals surface area contributed by atoms with E-state index >= 15 is 0 Å². The summed E-state index contributed by atoms with van der Waals surface area (Å²) < 4.78 is 5.19. The molecule has 0 radical (unpaired) electrons. The maximum atomic E-state index is 12.6. The lowest BCUT2D eigenvalue weighted by Gasteiger charge is -2.16. The first-order valence-electron chi connectivity index (χ1n) is 8.41. The van der Waals surface area contributed by atoms with Crippen molar-refractivity contribution < 1.29 is 19.4 Å². The normalized spacial score (nSPS) is 19.3. The van der Waals surface area contributed by atoms with E-state index in [1.807, 2.05) is 54.6 Å². The van der Waals surface area contributed by atoms with E-state index in [4.69, 9.17) is 4.74 Å². The van der Waals surface area contributed by atoms with Crippen LogP contribution >= 0.6 is 11.8 Å². The standard InChI is InChI=1S/C20H21NO4S/c1-25-15-8-5-9-16(10-15)26-13-19(22)21-11-17(18(12-21)20(23)24)14-6-3-2-4-7-14/h2-10,17-18H,11-13H2,1H3,(H,23,24)/t17-,18+/m0/s1. The van der Waals surface area contributed by atoms with Crippen LogP contribution in [-0.4, -0.2) is 47.8 Å². The summed E-state index contributed by atoms with van der Waals surface area (Å²) in [4.78, 5) is 26.9. The molecule has 1 aliphatic heterocycles. The number of rotatable bonds is 6. The van der Waals surface area contributed by atoms with Crippen LogP contribution in [0, 0.1) is 5.92 Å². The number of methoxy groups -OCH3 is 1. The first kappa shape index (κ1) is 18.3. The van der Waals surface area contributed by atoms with Gasteiger partial charge in [-0.15, -0.1) is 11.8 Å². The zero-order valence-electron chi connectivity index (χ0n) is 14.5. The average molecular weight is 371 g/mol. The summed E-state index contributed by atoms with van der Waals surface area (Å²) in [5.74, 6) is -0.598. The Hall–Kier alpha value is -2.47. The van der Waals surface area contributed by atoms with E-state index in [0.717, 1.165) is 16.2 Å². The summed E-state index contributed by atoms with van der Waals surface area (Å²) in [5, 5.41) is 9.55. The van der Waals surface area contributed by atoms with Crippen LogP contribution in [0.3, 0.4) is 0 Å². The minimum Gasteiger partial charge on any atom is -0.497 e. The predicted molar refractivity (Wildman–Crippen MR) is 101 cm³/mol. The third-order valence-electron chi connectivity index (χ3n) is 4.62. The van der Waals surface area contributed by atoms with Gasteiger partial charge in [0.2, 0.25) is 5.91 Å². The van der Waals surface area contributed by atoms with Crippen LogP contribution in [-0.2, 0) is 9.59 Å². The van der Waals surface area contributed by atoms with Crippen LogP contribution in [0.4, 0.5) is 0 Å². The van der Waals surface area contributed by atoms with Crippen LogP contribution in [0.5, 0.6) is 5.75 Å². The molecule has 1 saturated heterocycles. The summed E-state index contributed by atoms with van der Waals surface area (Å²) in [5.41, 5.74) is 0.968. The first-order chi connectivity index (χ1) is 12.6. The van der Waals surface area contributed by atoms with Crippen molar-refractivity contribution in [3.63, 3.8) is 0 Å². The highest BCUT2D eigenvalue weighted by atomic mass is 32.2. The third-order valence-corrected chi connectivity index (χ3v) is 5.60. The summed E-state index contributed by atoms with van der Waals surface area (Å²) in [6.07, 6.45) is 0. The molecule has 1 aliphatic rings. The number of carbonyl (C=O) groups is 2. The minimum atomic E-state index is -0.852. The highest BCUT2D eigenvalue weighted by molar-refractivity contribution is 8.00. The van der Waals surface area contributed by atoms with Gasteiger partial charge in [-0.05, 0) is 23.8 Å². The zero-order chi connectivity index (χ0) is 18.5. The molecule has 1 amide bonds. The van der Waals surface area contributed by atoms with Crippen molar-refractivity contribution in [1.82, 2.24) is 4.90 Å². The summed E-state index contributed by atoms with van der Waals surface area (Å²) in [6.45, 7) is 0.699. The van der Waals surface area contributed by atoms with Crippen molar-refractivity contribution in [3.05, 3.63) is 60.2 Å². The van der Waals surface area contributed by atoms with E-state index in [1.54, 1.807) is 12.0 Å². The van der Waals surface area contributed by atoms with E-state index in [-0.39, 0.29) is 24.1 Å². The second-order valence-electron chi connectivity index (χ2n) is 6.23. The van der Waals surface area contributed by atoms with Gasteiger partial charge < -0.3 is 14.7 Å². The maximum absolute atomic E-state index is 12.6. The molecule has 1 fully saturated rings. The number of likely N-dealkylation sites (tertiary alicyclic amines) is 1. The molecule has 26 heavy (non-hydrogen) atoms. The Morgan fingerprint density at radius 2 is 1.92 bits per heavy atom. The quantitative estimate of drug-likeness (QED) is 0.791. The Bertz CT molecular complexity index is 780. The van der Waals surface area contributed by atoms with Gasteiger partial charge in [0.15, 0.2) is 0 Å². The molecule has 136 valence electrons. The summed E-state index contributed by atoms with van der Waals surface area (Å²) >= 11 is 1.43. The van der Waals surface area contributed by atoms with Crippen LogP contribution in [0.1, 0.15) is 11.5 Å². The Balaban J connectivity index is 1.65. The molecule has 0 bridgehead atoms. The van der Waals surface area contributed by atoms with E-state index < -0.39 is 11.9 Å². The Morgan fingerprint density at radius 3 is 2.62 bits per heavy atom. The lowest BCUT2D eigenvalue weighted by molar-refractivity contribution is -0.141. The number of ether oxygens (including phenoxy) is 1. The maximum Gasteiger partial charge on any atom is 0.308 e. The van der Waals surface area contributed by atoms with Gasteiger partial charge in [-0.3, -0.25) is 9.59 Å². The Morgan fingerprint density at radius 1 is 1.15 bits per heavy atom. The average Bonchev–Trinajstić information content (AvgIpc) is 3.13. The van der Waals surface area contributed by atoms with Crippen molar-refractivity contribution in [3.8, 4) is 5.75 Å². The molecule has 0 spiro atoms. The van der Waals surface area contributed by atoms with Gasteiger partial charge in [0, 0.05) is 23.9 Å². The number of aliphatic carboxylic acids is 1. The van der Waals surface area contributed by atoms with Crippen LogP contribution in [0.2, 0.25) is 0 Å². The highest BCUT2D eigenvalue weighted by Gasteiger charge is 2.40. The van der Waals surface area contributed by atoms with Crippen molar-refractivity contribution in [2.24, 2.45) is 5.92 Å². The molecule has 0 aromatic heterocycles. The van der Waals surface area contributed by atoms with Crippen molar-refractivity contribution in [1.29, 1.82) is 0 Å². The summed E-state index contributed by atoms with van der Waals surface area (Å²) in [7, 11) is 1.61. The molecule has 2 aromatic carbocycles. The third kappa shape index (κ3) is 4.19. The fraction of sp³-hybridized carbons (Fsp3) is 0.300. The number of carboxylic acids is 1. The monoisotopic (exact) mass is 371 g/mol. The highest BCUT2D eigenvalue weighted by Crippen LogP contribution is 2.33. The number of hydrogen-bond acceptors (Lipinski definition) is 4. The number of carbonyl (C=O) groups excluding carboxylic acids is 1. The van der Waals surface area contributed by atoms with Gasteiger partial charge >= 0.3 is 5.97 Å². The number of benzene rings is 2. The van der Waals surface area contributed by atoms with Crippen molar-refractivity contribution in [2.75, 3.05) is 26.0 Å². The Kier molecular flexibility index (Phi) is 5.83. The predicted octanol–water partition coefficient (Wildman–Crippen LogP) is 3.11. The number of hydrogen-bond donors (Lipinski definition) is 1. The second kappa shape index (κ2) is 8.27. The number of nitrogens with zero attached hydrogens (tertiary/aromatic N) is 1. The van der Waals surface area contributed by atoms with E-state index in [0.29, 0.717) is 6.54 Å². The van der Waals surface area contributed by atoms with Gasteiger partial charge in [0.25, 0.3) is 0 Å². The largest absolute Gasteiger partial charge is 0.497 e. The van der Waals surface area contributed by atoms with Crippen LogP contribution in [0.15, 0.2) is 59.5 Å². The summed E-state index contributed by atoms with van der Waals surface area (Å²) in [6, 6.07) is 17.1. The van der Waals surface area contributed by atoms with Gasteiger partial charge in [-0.25, -0.2) is 0 Å². The molecule has 5 nitrogen and oxygen atoms in total. The van der Waals surface area contributed by atoms with Crippen LogP contribution in [0.25, 0.3) is 0 Å². The molecule has 3 rings (SSSR count). The van der Waals surface area contributed by atoms with E-state index in [2.05, 4.69) is 0 Å². The molecule has 2 aromatic rings. The molecular weight excluding hydrogens is 350 g/mol. The molecule has 0 aliphatic carbocycles.